The van der Waals surface area contributed by atoms with E-state index >= 15 is 0 Å². The van der Waals surface area contributed by atoms with Crippen LogP contribution >= 0.6 is 0 Å². The second-order valence-electron chi connectivity index (χ2n) is 5.85. The van der Waals surface area contributed by atoms with E-state index in [0.717, 1.165) is 18.7 Å². The van der Waals surface area contributed by atoms with Crippen molar-refractivity contribution in [2.24, 2.45) is 11.8 Å². The SMILES string of the molecule is CC(=O)N1C[C@@H]([C@@H](C)c2ccc(F)cc2C)[C@H](C)C1. The lowest BCUT2D eigenvalue weighted by Crippen LogP contribution is -2.26. The topological polar surface area (TPSA) is 20.3 Å². The van der Waals surface area contributed by atoms with Crippen molar-refractivity contribution in [3.63, 3.8) is 0 Å². The number of hydrogen-bond acceptors (Lipinski definition) is 1. The van der Waals surface area contributed by atoms with Gasteiger partial charge in [-0.05, 0) is 47.9 Å². The first-order valence-electron chi connectivity index (χ1n) is 6.91. The fourth-order valence-corrected chi connectivity index (χ4v) is 3.28. The summed E-state index contributed by atoms with van der Waals surface area (Å²) in [4.78, 5) is 13.4. The second kappa shape index (κ2) is 5.32. The molecule has 3 atom stereocenters. The van der Waals surface area contributed by atoms with Crippen LogP contribution in [0.3, 0.4) is 0 Å². The first-order chi connectivity index (χ1) is 8.90. The number of nitrogens with zero attached hydrogens (tertiary/aromatic N) is 1. The minimum atomic E-state index is -0.182. The van der Waals surface area contributed by atoms with Crippen molar-refractivity contribution >= 4 is 5.91 Å². The monoisotopic (exact) mass is 263 g/mol. The van der Waals surface area contributed by atoms with Crippen LogP contribution in [0.5, 0.6) is 0 Å². The number of carbonyl (C=O) groups is 1. The lowest BCUT2D eigenvalue weighted by atomic mass is 9.80. The van der Waals surface area contributed by atoms with Crippen LogP contribution < -0.4 is 0 Å². The lowest BCUT2D eigenvalue weighted by molar-refractivity contribution is -0.128. The molecule has 1 amide bonds. The van der Waals surface area contributed by atoms with Crippen molar-refractivity contribution in [3.05, 3.63) is 35.1 Å². The average molecular weight is 263 g/mol. The number of halogens is 1. The first-order valence-corrected chi connectivity index (χ1v) is 6.91. The summed E-state index contributed by atoms with van der Waals surface area (Å²) in [5.41, 5.74) is 2.20. The molecule has 0 bridgehead atoms. The molecule has 0 radical (unpaired) electrons. The second-order valence-corrected chi connectivity index (χ2v) is 5.85. The van der Waals surface area contributed by atoms with Crippen molar-refractivity contribution in [2.75, 3.05) is 13.1 Å². The highest BCUT2D eigenvalue weighted by molar-refractivity contribution is 5.73. The van der Waals surface area contributed by atoms with Crippen molar-refractivity contribution < 1.29 is 9.18 Å². The minimum Gasteiger partial charge on any atom is -0.342 e. The van der Waals surface area contributed by atoms with E-state index in [2.05, 4.69) is 13.8 Å². The van der Waals surface area contributed by atoms with Crippen LogP contribution in [-0.4, -0.2) is 23.9 Å². The van der Waals surface area contributed by atoms with E-state index < -0.39 is 0 Å². The van der Waals surface area contributed by atoms with Crippen LogP contribution in [0.2, 0.25) is 0 Å². The molecule has 1 aliphatic rings. The number of carbonyl (C=O) groups excluding carboxylic acids is 1. The van der Waals surface area contributed by atoms with Gasteiger partial charge in [0.05, 0.1) is 0 Å². The summed E-state index contributed by atoms with van der Waals surface area (Å²) in [5.74, 6) is 1.26. The van der Waals surface area contributed by atoms with Gasteiger partial charge in [-0.25, -0.2) is 4.39 Å². The van der Waals surface area contributed by atoms with Gasteiger partial charge in [0.2, 0.25) is 5.91 Å². The molecule has 1 aliphatic heterocycles. The maximum atomic E-state index is 13.2. The number of likely N-dealkylation sites (tertiary alicyclic amines) is 1. The third-order valence-corrected chi connectivity index (χ3v) is 4.48. The van der Waals surface area contributed by atoms with Gasteiger partial charge in [-0.1, -0.05) is 19.9 Å². The van der Waals surface area contributed by atoms with Gasteiger partial charge in [0, 0.05) is 20.0 Å². The Kier molecular flexibility index (Phi) is 3.93. The third-order valence-electron chi connectivity index (χ3n) is 4.48. The largest absolute Gasteiger partial charge is 0.342 e. The minimum absolute atomic E-state index is 0.150. The molecule has 0 aliphatic carbocycles. The van der Waals surface area contributed by atoms with Crippen LogP contribution in [0, 0.1) is 24.6 Å². The van der Waals surface area contributed by atoms with Gasteiger partial charge >= 0.3 is 0 Å². The average Bonchev–Trinajstić information content (AvgIpc) is 2.71. The van der Waals surface area contributed by atoms with Crippen LogP contribution in [0.15, 0.2) is 18.2 Å². The highest BCUT2D eigenvalue weighted by atomic mass is 19.1. The Labute approximate surface area is 114 Å². The Bertz CT molecular complexity index is 486. The zero-order valence-electron chi connectivity index (χ0n) is 12.1. The Hall–Kier alpha value is -1.38. The zero-order chi connectivity index (χ0) is 14.2. The summed E-state index contributed by atoms with van der Waals surface area (Å²) in [6, 6.07) is 5.01. The number of aryl methyl sites for hydroxylation is 1. The van der Waals surface area contributed by atoms with Crippen molar-refractivity contribution in [1.29, 1.82) is 0 Å². The van der Waals surface area contributed by atoms with Crippen molar-refractivity contribution in [3.8, 4) is 0 Å². The Morgan fingerprint density at radius 3 is 2.63 bits per heavy atom. The molecule has 1 aromatic rings. The maximum Gasteiger partial charge on any atom is 0.219 e. The summed E-state index contributed by atoms with van der Waals surface area (Å²) >= 11 is 0. The van der Waals surface area contributed by atoms with Gasteiger partial charge in [-0.15, -0.1) is 0 Å². The van der Waals surface area contributed by atoms with Crippen molar-refractivity contribution in [2.45, 2.75) is 33.6 Å². The molecule has 19 heavy (non-hydrogen) atoms. The van der Waals surface area contributed by atoms with Gasteiger partial charge in [0.25, 0.3) is 0 Å². The molecule has 1 fully saturated rings. The molecule has 104 valence electrons. The van der Waals surface area contributed by atoms with Crippen LogP contribution in [-0.2, 0) is 4.79 Å². The summed E-state index contributed by atoms with van der Waals surface area (Å²) < 4.78 is 13.2. The molecule has 0 unspecified atom stereocenters. The lowest BCUT2D eigenvalue weighted by Gasteiger charge is -2.24. The van der Waals surface area contributed by atoms with E-state index in [-0.39, 0.29) is 11.7 Å². The quantitative estimate of drug-likeness (QED) is 0.801. The number of benzene rings is 1. The molecule has 1 aromatic carbocycles. The smallest absolute Gasteiger partial charge is 0.219 e. The molecular formula is C16H22FNO. The molecule has 3 heteroatoms. The van der Waals surface area contributed by atoms with E-state index in [4.69, 9.17) is 0 Å². The summed E-state index contributed by atoms with van der Waals surface area (Å²) in [6.07, 6.45) is 0. The van der Waals surface area contributed by atoms with Gasteiger partial charge in [-0.3, -0.25) is 4.79 Å². The van der Waals surface area contributed by atoms with Crippen LogP contribution in [0.1, 0.15) is 37.8 Å². The normalized spacial score (nSPS) is 24.6. The molecule has 1 saturated heterocycles. The highest BCUT2D eigenvalue weighted by Gasteiger charge is 2.35. The van der Waals surface area contributed by atoms with E-state index in [1.54, 1.807) is 13.0 Å². The van der Waals surface area contributed by atoms with E-state index in [1.165, 1.54) is 11.6 Å². The van der Waals surface area contributed by atoms with Gasteiger partial charge < -0.3 is 4.90 Å². The predicted molar refractivity (Wildman–Crippen MR) is 74.5 cm³/mol. The molecule has 0 N–H and O–H groups in total. The molecule has 2 rings (SSSR count). The predicted octanol–water partition coefficient (Wildman–Crippen LogP) is 3.35. The van der Waals surface area contributed by atoms with Gasteiger partial charge in [0.1, 0.15) is 5.82 Å². The fourth-order valence-electron chi connectivity index (χ4n) is 3.28. The Morgan fingerprint density at radius 1 is 1.42 bits per heavy atom. The first kappa shape index (κ1) is 14.0. The Morgan fingerprint density at radius 2 is 2.11 bits per heavy atom. The van der Waals surface area contributed by atoms with Crippen LogP contribution in [0.4, 0.5) is 4.39 Å². The molecule has 2 nitrogen and oxygen atoms in total. The molecule has 0 spiro atoms. The summed E-state index contributed by atoms with van der Waals surface area (Å²) in [6.45, 7) is 9.62. The van der Waals surface area contributed by atoms with E-state index in [0.29, 0.717) is 17.8 Å². The molecule has 0 aromatic heterocycles. The number of amides is 1. The summed E-state index contributed by atoms with van der Waals surface area (Å²) in [5, 5.41) is 0. The number of hydrogen-bond donors (Lipinski definition) is 0. The number of rotatable bonds is 2. The highest BCUT2D eigenvalue weighted by Crippen LogP contribution is 2.36. The van der Waals surface area contributed by atoms with Gasteiger partial charge in [-0.2, -0.15) is 0 Å². The molecule has 1 heterocycles. The fraction of sp³-hybridized carbons (Fsp3) is 0.562. The Balaban J connectivity index is 2.20. The zero-order valence-corrected chi connectivity index (χ0v) is 12.1. The van der Waals surface area contributed by atoms with Crippen LogP contribution in [0.25, 0.3) is 0 Å². The third kappa shape index (κ3) is 2.80. The van der Waals surface area contributed by atoms with E-state index in [9.17, 15) is 9.18 Å². The molecular weight excluding hydrogens is 241 g/mol. The molecule has 0 saturated carbocycles. The van der Waals surface area contributed by atoms with Crippen molar-refractivity contribution in [1.82, 2.24) is 4.90 Å². The standard InChI is InChI=1S/C16H22FNO/c1-10-7-14(17)5-6-15(10)12(3)16-9-18(13(4)19)8-11(16)2/h5-7,11-12,16H,8-9H2,1-4H3/t11-,12+,16-/m1/s1. The van der Waals surface area contributed by atoms with Gasteiger partial charge in [0.15, 0.2) is 0 Å². The summed E-state index contributed by atoms with van der Waals surface area (Å²) in [7, 11) is 0. The maximum absolute atomic E-state index is 13.2. The van der Waals surface area contributed by atoms with E-state index in [1.807, 2.05) is 17.9 Å².